The summed E-state index contributed by atoms with van der Waals surface area (Å²) in [7, 11) is -2.55. The number of hydrogen-bond acceptors (Lipinski definition) is 19. The SMILES string of the molecule is CC(C)(C)OC(=O)N1CCn2ncc(Br)c2C1.CC1(C)OB(B2OC(C)(C)C(C)(C)O2)OC1(C)C.Cc1cccc(-c2nc3ccccn3c2-c2ccc3ncc(-c4cnn5c4CNCC5)cc3n2)n1.Cc1cccc(-c2nc3ccccn3c2-c2ccc3ncc(B(O)O)cc3n2)n1. The Hall–Kier alpha value is -9.12. The van der Waals surface area contributed by atoms with Crippen LogP contribution in [0.1, 0.15) is 98.9 Å². The quantitative estimate of drug-likeness (QED) is 0.125. The molecule has 0 bridgehead atoms. The van der Waals surface area contributed by atoms with Gasteiger partial charge in [0.15, 0.2) is 0 Å². The van der Waals surface area contributed by atoms with E-state index in [-0.39, 0.29) is 28.5 Å². The lowest BCUT2D eigenvalue weighted by Crippen LogP contribution is -2.41. The molecule has 0 spiro atoms. The molecule has 506 valence electrons. The van der Waals surface area contributed by atoms with E-state index in [2.05, 4.69) is 56.6 Å². The molecule has 16 rings (SSSR count). The smallest absolute Gasteiger partial charge is 0.444 e. The lowest BCUT2D eigenvalue weighted by molar-refractivity contribution is 0.00578. The predicted molar refractivity (Wildman–Crippen MR) is 385 cm³/mol. The third-order valence-corrected chi connectivity index (χ3v) is 19.2. The van der Waals surface area contributed by atoms with Crippen molar-refractivity contribution in [3.8, 4) is 56.7 Å². The highest BCUT2D eigenvalue weighted by atomic mass is 79.9. The van der Waals surface area contributed by atoms with Crippen molar-refractivity contribution in [1.82, 2.24) is 78.5 Å². The molecule has 12 aromatic heterocycles. The van der Waals surface area contributed by atoms with Gasteiger partial charge in [-0.25, -0.2) is 24.7 Å². The summed E-state index contributed by atoms with van der Waals surface area (Å²) < 4.78 is 38.2. The fourth-order valence-electron chi connectivity index (χ4n) is 11.9. The van der Waals surface area contributed by atoms with Crippen LogP contribution >= 0.6 is 15.9 Å². The molecule has 0 unspecified atom stereocenters. The Morgan fingerprint density at radius 1 is 0.576 bits per heavy atom. The molecular weight excluding hydrogens is 1320 g/mol. The number of fused-ring (bicyclic) bond motifs is 6. The number of amides is 1. The first-order valence-electron chi connectivity index (χ1n) is 33.0. The van der Waals surface area contributed by atoms with Crippen molar-refractivity contribution in [1.29, 1.82) is 0 Å². The normalized spacial score (nSPS) is 16.5. The van der Waals surface area contributed by atoms with E-state index in [1.165, 1.54) is 11.9 Å². The molecule has 0 aliphatic carbocycles. The van der Waals surface area contributed by atoms with E-state index in [0.717, 1.165) is 115 Å². The van der Waals surface area contributed by atoms with Gasteiger partial charge in [-0.05, 0) is 191 Å². The summed E-state index contributed by atoms with van der Waals surface area (Å²) in [4.78, 5) is 51.5. The van der Waals surface area contributed by atoms with Crippen molar-refractivity contribution in [2.45, 2.75) is 144 Å². The number of aryl methyl sites for hydroxylation is 2. The first kappa shape index (κ1) is 68.4. The Morgan fingerprint density at radius 3 is 1.62 bits per heavy atom. The van der Waals surface area contributed by atoms with E-state index in [9.17, 15) is 14.8 Å². The summed E-state index contributed by atoms with van der Waals surface area (Å²) in [6.45, 7) is 30.3. The van der Waals surface area contributed by atoms with E-state index in [4.69, 9.17) is 53.3 Å². The van der Waals surface area contributed by atoms with Crippen molar-refractivity contribution in [2.75, 3.05) is 13.1 Å². The van der Waals surface area contributed by atoms with Crippen molar-refractivity contribution in [3.63, 3.8) is 0 Å². The number of ether oxygens (including phenoxy) is 1. The maximum Gasteiger partial charge on any atom is 0.490 e. The van der Waals surface area contributed by atoms with Crippen LogP contribution in [0.25, 0.3) is 90.0 Å². The average molecular weight is 1400 g/mol. The van der Waals surface area contributed by atoms with Gasteiger partial charge >= 0.3 is 27.2 Å². The van der Waals surface area contributed by atoms with Gasteiger partial charge in [0.25, 0.3) is 0 Å². The maximum atomic E-state index is 11.9. The van der Waals surface area contributed by atoms with Crippen molar-refractivity contribution in [2.24, 2.45) is 0 Å². The number of pyridine rings is 8. The minimum absolute atomic E-state index is 0.267. The van der Waals surface area contributed by atoms with E-state index in [1.807, 2.05) is 221 Å². The molecule has 99 heavy (non-hydrogen) atoms. The molecule has 4 aliphatic heterocycles. The zero-order valence-electron chi connectivity index (χ0n) is 57.8. The summed E-state index contributed by atoms with van der Waals surface area (Å²) >= 11 is 3.43. The van der Waals surface area contributed by atoms with Crippen LogP contribution in [-0.4, -0.2) is 152 Å². The third kappa shape index (κ3) is 14.1. The molecule has 0 radical (unpaired) electrons. The Morgan fingerprint density at radius 2 is 1.09 bits per heavy atom. The Labute approximate surface area is 583 Å². The number of aromatic nitrogens is 14. The minimum Gasteiger partial charge on any atom is -0.444 e. The number of hydrogen-bond donors (Lipinski definition) is 3. The van der Waals surface area contributed by atoms with Gasteiger partial charge in [-0.15, -0.1) is 0 Å². The van der Waals surface area contributed by atoms with Crippen LogP contribution in [0.2, 0.25) is 0 Å². The number of halogens is 1. The highest BCUT2D eigenvalue weighted by Crippen LogP contribution is 2.43. The molecule has 12 aromatic rings. The van der Waals surface area contributed by atoms with Crippen LogP contribution < -0.4 is 10.8 Å². The highest BCUT2D eigenvalue weighted by Gasteiger charge is 2.63. The van der Waals surface area contributed by atoms with Gasteiger partial charge in [0.05, 0.1) is 115 Å². The summed E-state index contributed by atoms with van der Waals surface area (Å²) in [5, 5.41) is 31.1. The Balaban J connectivity index is 0.000000124. The first-order valence-corrected chi connectivity index (χ1v) is 33.8. The summed E-state index contributed by atoms with van der Waals surface area (Å²) in [6, 6.07) is 35.2. The molecule has 28 heteroatoms. The van der Waals surface area contributed by atoms with Gasteiger partial charge in [-0.3, -0.25) is 38.1 Å². The summed E-state index contributed by atoms with van der Waals surface area (Å²) in [6.07, 6.45) is 10.7. The van der Waals surface area contributed by atoms with Crippen molar-refractivity contribution < 1.29 is 38.2 Å². The number of rotatable bonds is 7. The van der Waals surface area contributed by atoms with Gasteiger partial charge in [0.2, 0.25) is 0 Å². The molecule has 24 nitrogen and oxygen atoms in total. The van der Waals surface area contributed by atoms with Crippen LogP contribution in [0.4, 0.5) is 4.79 Å². The Kier molecular flexibility index (Phi) is 18.6. The van der Waals surface area contributed by atoms with Crippen molar-refractivity contribution in [3.05, 3.63) is 174 Å². The van der Waals surface area contributed by atoms with E-state index in [1.54, 1.807) is 17.2 Å². The largest absolute Gasteiger partial charge is 0.490 e. The number of carbonyl (C=O) groups is 1. The molecule has 4 aliphatic rings. The van der Waals surface area contributed by atoms with Crippen LogP contribution in [-0.2, 0) is 49.5 Å². The van der Waals surface area contributed by atoms with Gasteiger partial charge < -0.3 is 43.6 Å². The zero-order valence-corrected chi connectivity index (χ0v) is 59.3. The lowest BCUT2D eigenvalue weighted by atomic mass is 9.49. The molecule has 2 saturated heterocycles. The van der Waals surface area contributed by atoms with Crippen LogP contribution in [0.15, 0.2) is 151 Å². The second-order valence-corrected chi connectivity index (χ2v) is 28.7. The summed E-state index contributed by atoms with van der Waals surface area (Å²) in [5.41, 5.74) is 15.5. The molecular formula is C71H78B3BrN16O8. The molecule has 0 saturated carbocycles. The standard InChI is InChI=1S/C27H22N8.C21H16BN5O2.C12H24B2O4.C11H16BrN3O2/c1-17-5-4-6-21(31-17)26-27(34-11-3-2-7-25(34)33-26)22-9-8-20-23(32-22)13-18(14-29-20)19-15-30-35-12-10-28-16-24(19)35;1-13-5-4-6-16(24-13)20-21(27-10-3-2-7-19(27)26-20)17-9-8-15-18(25-17)11-14(12-23-15)22(28)29;1-9(2)10(3,4)16-13(15-9)14-17-11(5,6)12(7,8)18-14;1-11(2,3)17-10(16)14-4-5-15-9(7-14)8(12)6-13-15/h2-9,11,13-15,28H,10,12,16H2,1H3;2-12,28-29H,1H3;1-8H3;6H,4-5,7H2,1-3H3. The average Bonchev–Trinajstić information content (AvgIpc) is 1.66. The molecule has 1 amide bonds. The van der Waals surface area contributed by atoms with Gasteiger partial charge in [0, 0.05) is 72.4 Å². The zero-order chi connectivity index (χ0) is 69.9. The number of carbonyl (C=O) groups excluding carboxylic acids is 1. The van der Waals surface area contributed by atoms with Crippen LogP contribution in [0.3, 0.4) is 0 Å². The first-order chi connectivity index (χ1) is 47.1. The topological polar surface area (TPSA) is 267 Å². The summed E-state index contributed by atoms with van der Waals surface area (Å²) in [5.74, 6) is 0. The second-order valence-electron chi connectivity index (χ2n) is 27.9. The number of imidazole rings is 2. The molecule has 0 atom stereocenters. The third-order valence-electron chi connectivity index (χ3n) is 18.5. The molecule has 2 fully saturated rings. The lowest BCUT2D eigenvalue weighted by Gasteiger charge is -2.32. The fraction of sp³-hybridized carbons (Fsp3) is 0.338. The fourth-order valence-corrected chi connectivity index (χ4v) is 12.3. The van der Waals surface area contributed by atoms with Gasteiger partial charge in [0.1, 0.15) is 39.7 Å². The Bertz CT molecular complexity index is 4940. The molecule has 16 heterocycles. The molecule has 0 aromatic carbocycles. The monoisotopic (exact) mass is 1390 g/mol. The maximum absolute atomic E-state index is 11.9. The van der Waals surface area contributed by atoms with E-state index in [0.29, 0.717) is 41.8 Å². The molecule has 3 N–H and O–H groups in total. The van der Waals surface area contributed by atoms with E-state index < -0.39 is 26.7 Å². The number of nitrogens with one attached hydrogen (secondary N) is 1. The van der Waals surface area contributed by atoms with Crippen LogP contribution in [0.5, 0.6) is 0 Å². The van der Waals surface area contributed by atoms with Crippen LogP contribution in [0, 0.1) is 13.8 Å². The second kappa shape index (κ2) is 26.9. The van der Waals surface area contributed by atoms with Gasteiger partial charge in [-0.1, -0.05) is 24.3 Å². The highest BCUT2D eigenvalue weighted by molar-refractivity contribution is 9.10. The predicted octanol–water partition coefficient (Wildman–Crippen LogP) is 10.9. The minimum atomic E-state index is -1.60. The van der Waals surface area contributed by atoms with E-state index >= 15 is 0 Å². The number of nitrogens with zero attached hydrogens (tertiary/aromatic N) is 15. The van der Waals surface area contributed by atoms with Gasteiger partial charge in [-0.2, -0.15) is 10.2 Å². The van der Waals surface area contributed by atoms with Crippen molar-refractivity contribution >= 4 is 82.0 Å².